The van der Waals surface area contributed by atoms with Crippen LogP contribution >= 0.6 is 0 Å². The molecule has 1 aliphatic rings. The summed E-state index contributed by atoms with van der Waals surface area (Å²) in [6.07, 6.45) is 8.16. The molecule has 1 fully saturated rings. The van der Waals surface area contributed by atoms with Crippen LogP contribution in [0.15, 0.2) is 0 Å². The molecule has 0 aromatic rings. The molecule has 0 aliphatic heterocycles. The average Bonchev–Trinajstić information content (AvgIpc) is 2.34. The van der Waals surface area contributed by atoms with Crippen molar-refractivity contribution in [2.24, 2.45) is 17.6 Å². The summed E-state index contributed by atoms with van der Waals surface area (Å²) in [7, 11) is 0. The molecule has 0 radical (unpaired) electrons. The van der Waals surface area contributed by atoms with Crippen LogP contribution < -0.4 is 5.73 Å². The van der Waals surface area contributed by atoms with Gasteiger partial charge in [0, 0.05) is 13.2 Å². The summed E-state index contributed by atoms with van der Waals surface area (Å²) in [4.78, 5) is 0. The molecule has 1 rings (SSSR count). The first-order chi connectivity index (χ1) is 8.53. The van der Waals surface area contributed by atoms with Crippen molar-refractivity contribution < 1.29 is 4.74 Å². The summed E-state index contributed by atoms with van der Waals surface area (Å²) in [5, 5.41) is 8.79. The van der Waals surface area contributed by atoms with Crippen molar-refractivity contribution in [3.05, 3.63) is 0 Å². The van der Waals surface area contributed by atoms with E-state index in [1.807, 2.05) is 0 Å². The van der Waals surface area contributed by atoms with E-state index in [2.05, 4.69) is 13.0 Å². The molecule has 0 spiro atoms. The van der Waals surface area contributed by atoms with Crippen molar-refractivity contribution >= 4 is 0 Å². The lowest BCUT2D eigenvalue weighted by molar-refractivity contribution is 0.0735. The lowest BCUT2D eigenvalue weighted by atomic mass is 9.83. The lowest BCUT2D eigenvalue weighted by Crippen LogP contribution is -2.33. The van der Waals surface area contributed by atoms with Crippen LogP contribution in [0.3, 0.4) is 0 Å². The van der Waals surface area contributed by atoms with E-state index in [-0.39, 0.29) is 0 Å². The highest BCUT2D eigenvalue weighted by Crippen LogP contribution is 2.28. The Morgan fingerprint density at radius 1 is 1.39 bits per heavy atom. The van der Waals surface area contributed by atoms with Gasteiger partial charge in [-0.05, 0) is 50.9 Å². The maximum Gasteiger partial charge on any atom is 0.101 e. The van der Waals surface area contributed by atoms with Crippen molar-refractivity contribution in [1.82, 2.24) is 0 Å². The first-order valence-electron chi connectivity index (χ1n) is 7.31. The van der Waals surface area contributed by atoms with Gasteiger partial charge in [-0.1, -0.05) is 19.8 Å². The second-order valence-electron chi connectivity index (χ2n) is 6.20. The van der Waals surface area contributed by atoms with Crippen LogP contribution in [-0.2, 0) is 4.74 Å². The van der Waals surface area contributed by atoms with Gasteiger partial charge in [-0.2, -0.15) is 5.26 Å². The Bertz CT molecular complexity index is 270. The summed E-state index contributed by atoms with van der Waals surface area (Å²) in [5.41, 5.74) is 5.09. The molecule has 104 valence electrons. The maximum absolute atomic E-state index is 8.79. The predicted octanol–water partition coefficient (Wildman–Crippen LogP) is 3.24. The van der Waals surface area contributed by atoms with Gasteiger partial charge in [0.15, 0.2) is 0 Å². The highest BCUT2D eigenvalue weighted by molar-refractivity contribution is 5.00. The summed E-state index contributed by atoms with van der Waals surface area (Å²) >= 11 is 0. The second-order valence-corrected chi connectivity index (χ2v) is 6.20. The largest absolute Gasteiger partial charge is 0.381 e. The third-order valence-electron chi connectivity index (χ3n) is 3.89. The highest BCUT2D eigenvalue weighted by Gasteiger charge is 2.19. The van der Waals surface area contributed by atoms with Gasteiger partial charge in [-0.25, -0.2) is 0 Å². The van der Waals surface area contributed by atoms with Crippen molar-refractivity contribution in [2.45, 2.75) is 64.3 Å². The minimum absolute atomic E-state index is 0.668. The van der Waals surface area contributed by atoms with Crippen LogP contribution in [-0.4, -0.2) is 18.8 Å². The van der Waals surface area contributed by atoms with Gasteiger partial charge in [0.2, 0.25) is 0 Å². The number of hydrogen-bond acceptors (Lipinski definition) is 3. The Kier molecular flexibility index (Phi) is 6.67. The Morgan fingerprint density at radius 3 is 2.83 bits per heavy atom. The molecule has 3 atom stereocenters. The number of nitrogens with two attached hydrogens (primary N) is 1. The molecular weight excluding hydrogens is 224 g/mol. The van der Waals surface area contributed by atoms with Gasteiger partial charge in [-0.15, -0.1) is 0 Å². The van der Waals surface area contributed by atoms with Gasteiger partial charge in [0.05, 0.1) is 6.07 Å². The Morgan fingerprint density at radius 2 is 2.17 bits per heavy atom. The van der Waals surface area contributed by atoms with Crippen molar-refractivity contribution in [1.29, 1.82) is 5.26 Å². The van der Waals surface area contributed by atoms with Crippen molar-refractivity contribution in [3.63, 3.8) is 0 Å². The fourth-order valence-corrected chi connectivity index (χ4v) is 2.71. The number of nitrogens with zero attached hydrogens (tertiary/aromatic N) is 1. The van der Waals surface area contributed by atoms with E-state index in [4.69, 9.17) is 15.7 Å². The standard InChI is InChI=1S/C15H28N2O/c1-13-6-5-7-14(10-13)11-18-9-4-3-8-15(2,17)12-16/h13-14H,3-11,17H2,1-2H3. The molecule has 0 saturated heterocycles. The molecule has 18 heavy (non-hydrogen) atoms. The predicted molar refractivity (Wildman–Crippen MR) is 74.0 cm³/mol. The third kappa shape index (κ3) is 6.37. The zero-order valence-electron chi connectivity index (χ0n) is 12.0. The molecule has 2 N–H and O–H groups in total. The molecule has 3 unspecified atom stereocenters. The molecule has 1 saturated carbocycles. The molecule has 0 heterocycles. The Balaban J connectivity index is 1.97. The first-order valence-corrected chi connectivity index (χ1v) is 7.31. The van der Waals surface area contributed by atoms with Crippen LogP contribution in [0.5, 0.6) is 0 Å². The van der Waals surface area contributed by atoms with Crippen LogP contribution in [0.1, 0.15) is 58.8 Å². The van der Waals surface area contributed by atoms with Gasteiger partial charge >= 0.3 is 0 Å². The average molecular weight is 252 g/mol. The third-order valence-corrected chi connectivity index (χ3v) is 3.89. The summed E-state index contributed by atoms with van der Waals surface area (Å²) in [5.74, 6) is 1.65. The second kappa shape index (κ2) is 7.76. The molecule has 1 aliphatic carbocycles. The maximum atomic E-state index is 8.79. The van der Waals surface area contributed by atoms with Gasteiger partial charge in [0.1, 0.15) is 5.54 Å². The molecule has 3 heteroatoms. The van der Waals surface area contributed by atoms with E-state index in [9.17, 15) is 0 Å². The van der Waals surface area contributed by atoms with Crippen LogP contribution in [0.25, 0.3) is 0 Å². The van der Waals surface area contributed by atoms with E-state index in [1.54, 1.807) is 6.92 Å². The SMILES string of the molecule is CC1CCCC(COCCCCC(C)(N)C#N)C1. The minimum atomic E-state index is -0.668. The Hall–Kier alpha value is -0.590. The fraction of sp³-hybridized carbons (Fsp3) is 0.933. The quantitative estimate of drug-likeness (QED) is 0.708. The smallest absolute Gasteiger partial charge is 0.101 e. The topological polar surface area (TPSA) is 59.0 Å². The molecule has 0 amide bonds. The zero-order chi connectivity index (χ0) is 13.4. The van der Waals surface area contributed by atoms with Crippen LogP contribution in [0, 0.1) is 23.2 Å². The van der Waals surface area contributed by atoms with E-state index in [0.29, 0.717) is 0 Å². The van der Waals surface area contributed by atoms with Gasteiger partial charge < -0.3 is 10.5 Å². The molecule has 0 aromatic carbocycles. The number of rotatable bonds is 7. The highest BCUT2D eigenvalue weighted by atomic mass is 16.5. The molecule has 0 bridgehead atoms. The number of hydrogen-bond donors (Lipinski definition) is 1. The normalized spacial score (nSPS) is 27.4. The minimum Gasteiger partial charge on any atom is -0.381 e. The molecule has 0 aromatic heterocycles. The number of unbranched alkanes of at least 4 members (excludes halogenated alkanes) is 1. The van der Waals surface area contributed by atoms with Crippen molar-refractivity contribution in [3.8, 4) is 6.07 Å². The van der Waals surface area contributed by atoms with E-state index in [1.165, 1.54) is 25.7 Å². The van der Waals surface area contributed by atoms with Crippen LogP contribution in [0.2, 0.25) is 0 Å². The summed E-state index contributed by atoms with van der Waals surface area (Å²) in [6, 6.07) is 2.13. The Labute approximate surface area is 112 Å². The van der Waals surface area contributed by atoms with Gasteiger partial charge in [-0.3, -0.25) is 0 Å². The monoisotopic (exact) mass is 252 g/mol. The van der Waals surface area contributed by atoms with Crippen molar-refractivity contribution in [2.75, 3.05) is 13.2 Å². The summed E-state index contributed by atoms with van der Waals surface area (Å²) in [6.45, 7) is 5.86. The van der Waals surface area contributed by atoms with E-state index < -0.39 is 5.54 Å². The van der Waals surface area contributed by atoms with Gasteiger partial charge in [0.25, 0.3) is 0 Å². The van der Waals surface area contributed by atoms with Crippen LogP contribution in [0.4, 0.5) is 0 Å². The van der Waals surface area contributed by atoms with E-state index in [0.717, 1.165) is 44.3 Å². The first kappa shape index (κ1) is 15.5. The lowest BCUT2D eigenvalue weighted by Gasteiger charge is -2.26. The molecular formula is C15H28N2O. The fourth-order valence-electron chi connectivity index (χ4n) is 2.71. The van der Waals surface area contributed by atoms with E-state index >= 15 is 0 Å². The number of ether oxygens (including phenoxy) is 1. The summed E-state index contributed by atoms with van der Waals surface area (Å²) < 4.78 is 5.75. The molecule has 3 nitrogen and oxygen atoms in total. The zero-order valence-corrected chi connectivity index (χ0v) is 12.0. The number of nitriles is 1.